The second-order valence-corrected chi connectivity index (χ2v) is 8.52. The number of thiazole rings is 1. The lowest BCUT2D eigenvalue weighted by Crippen LogP contribution is -2.26. The summed E-state index contributed by atoms with van der Waals surface area (Å²) in [5, 5.41) is 3.33. The zero-order chi connectivity index (χ0) is 18.9. The summed E-state index contributed by atoms with van der Waals surface area (Å²) in [4.78, 5) is 11.9. The van der Waals surface area contributed by atoms with Crippen LogP contribution in [0.2, 0.25) is 0 Å². The Hall–Kier alpha value is -2.50. The third-order valence-corrected chi connectivity index (χ3v) is 6.63. The van der Waals surface area contributed by atoms with Crippen molar-refractivity contribution in [1.29, 1.82) is 0 Å². The first kappa shape index (κ1) is 17.6. The zero-order valence-electron chi connectivity index (χ0n) is 16.1. The van der Waals surface area contributed by atoms with Crippen LogP contribution < -0.4 is 0 Å². The molecule has 0 spiro atoms. The van der Waals surface area contributed by atoms with E-state index in [9.17, 15) is 0 Å². The van der Waals surface area contributed by atoms with Crippen LogP contribution in [0.5, 0.6) is 0 Å². The van der Waals surface area contributed by atoms with Crippen LogP contribution in [0.1, 0.15) is 31.0 Å². The van der Waals surface area contributed by atoms with Gasteiger partial charge in [0, 0.05) is 30.1 Å². The Morgan fingerprint density at radius 1 is 1.07 bits per heavy atom. The van der Waals surface area contributed by atoms with Crippen LogP contribution in [0.15, 0.2) is 60.2 Å². The summed E-state index contributed by atoms with van der Waals surface area (Å²) in [7, 11) is 0. The third kappa shape index (κ3) is 3.48. The fourth-order valence-electron chi connectivity index (χ4n) is 4.03. The van der Waals surface area contributed by atoms with Crippen molar-refractivity contribution in [3.8, 4) is 10.6 Å². The number of aromatic nitrogens is 3. The highest BCUT2D eigenvalue weighted by atomic mass is 32.1. The van der Waals surface area contributed by atoms with Gasteiger partial charge in [-0.3, -0.25) is 4.90 Å². The lowest BCUT2D eigenvalue weighted by atomic mass is 10.1. The molecule has 0 aliphatic carbocycles. The molecule has 5 heteroatoms. The molecule has 4 nitrogen and oxygen atoms in total. The predicted octanol–water partition coefficient (Wildman–Crippen LogP) is 5.19. The van der Waals surface area contributed by atoms with Crippen LogP contribution in [0.3, 0.4) is 0 Å². The normalized spacial score (nSPS) is 17.5. The van der Waals surface area contributed by atoms with Gasteiger partial charge in [0.1, 0.15) is 5.01 Å². The maximum atomic E-state index is 4.89. The summed E-state index contributed by atoms with van der Waals surface area (Å²) in [6.45, 7) is 5.33. The lowest BCUT2D eigenvalue weighted by molar-refractivity contribution is 0.258. The van der Waals surface area contributed by atoms with Gasteiger partial charge in [-0.15, -0.1) is 11.3 Å². The Labute approximate surface area is 169 Å². The highest BCUT2D eigenvalue weighted by Gasteiger charge is 2.21. The minimum atomic E-state index is 0.684. The second-order valence-electron chi connectivity index (χ2n) is 7.66. The smallest absolute Gasteiger partial charge is 0.123 e. The standard InChI is InChI=1S/C23H24N4S/c1-17-5-4-12-26(17)14-20-15-28-23(25-20)19-10-8-18(9-11-19)13-27-16-24-21-6-2-3-7-22(21)27/h2-3,6-11,15-17H,4-5,12-14H2,1H3. The molecule has 1 saturated heterocycles. The van der Waals surface area contributed by atoms with Crippen LogP contribution in [-0.4, -0.2) is 32.0 Å². The first-order valence-corrected chi connectivity index (χ1v) is 10.8. The van der Waals surface area contributed by atoms with E-state index >= 15 is 0 Å². The van der Waals surface area contributed by atoms with Crippen LogP contribution in [0.25, 0.3) is 21.6 Å². The molecule has 0 amide bonds. The van der Waals surface area contributed by atoms with Gasteiger partial charge in [-0.2, -0.15) is 0 Å². The highest BCUT2D eigenvalue weighted by Crippen LogP contribution is 2.27. The van der Waals surface area contributed by atoms with E-state index in [1.54, 1.807) is 11.3 Å². The fraction of sp³-hybridized carbons (Fsp3) is 0.304. The van der Waals surface area contributed by atoms with E-state index in [2.05, 4.69) is 69.2 Å². The van der Waals surface area contributed by atoms with Gasteiger partial charge in [0.2, 0.25) is 0 Å². The number of rotatable bonds is 5. The Balaban J connectivity index is 1.30. The average Bonchev–Trinajstić information content (AvgIpc) is 3.45. The molecule has 28 heavy (non-hydrogen) atoms. The highest BCUT2D eigenvalue weighted by molar-refractivity contribution is 7.13. The van der Waals surface area contributed by atoms with Gasteiger partial charge in [-0.1, -0.05) is 36.4 Å². The van der Waals surface area contributed by atoms with E-state index in [0.717, 1.165) is 23.6 Å². The van der Waals surface area contributed by atoms with Gasteiger partial charge in [-0.05, 0) is 44.0 Å². The summed E-state index contributed by atoms with van der Waals surface area (Å²) in [6, 6.07) is 17.7. The SMILES string of the molecule is CC1CCCN1Cc1csc(-c2ccc(Cn3cnc4ccccc43)cc2)n1. The van der Waals surface area contributed by atoms with Crippen molar-refractivity contribution >= 4 is 22.4 Å². The molecule has 2 aromatic carbocycles. The molecular formula is C23H24N4S. The Morgan fingerprint density at radius 3 is 2.75 bits per heavy atom. The van der Waals surface area contributed by atoms with E-state index in [4.69, 9.17) is 4.98 Å². The van der Waals surface area contributed by atoms with Gasteiger partial charge < -0.3 is 4.57 Å². The Morgan fingerprint density at radius 2 is 1.93 bits per heavy atom. The molecule has 3 heterocycles. The maximum Gasteiger partial charge on any atom is 0.123 e. The van der Waals surface area contributed by atoms with E-state index in [0.29, 0.717) is 6.04 Å². The number of hydrogen-bond donors (Lipinski definition) is 0. The van der Waals surface area contributed by atoms with E-state index in [1.807, 2.05) is 12.4 Å². The van der Waals surface area contributed by atoms with E-state index < -0.39 is 0 Å². The number of nitrogens with zero attached hydrogens (tertiary/aromatic N) is 4. The van der Waals surface area contributed by atoms with Crippen molar-refractivity contribution in [2.75, 3.05) is 6.54 Å². The fourth-order valence-corrected chi connectivity index (χ4v) is 4.85. The number of fused-ring (bicyclic) bond motifs is 1. The van der Waals surface area contributed by atoms with Crippen LogP contribution in [0, 0.1) is 0 Å². The molecule has 142 valence electrons. The van der Waals surface area contributed by atoms with Crippen molar-refractivity contribution in [3.63, 3.8) is 0 Å². The molecule has 1 aliphatic rings. The molecule has 1 aliphatic heterocycles. The van der Waals surface area contributed by atoms with Gasteiger partial charge >= 0.3 is 0 Å². The summed E-state index contributed by atoms with van der Waals surface area (Å²) in [5.74, 6) is 0. The number of para-hydroxylation sites is 2. The maximum absolute atomic E-state index is 4.89. The topological polar surface area (TPSA) is 34.0 Å². The molecular weight excluding hydrogens is 364 g/mol. The Bertz CT molecular complexity index is 1080. The molecule has 1 fully saturated rings. The third-order valence-electron chi connectivity index (χ3n) is 5.69. The van der Waals surface area contributed by atoms with Crippen molar-refractivity contribution in [1.82, 2.24) is 19.4 Å². The average molecular weight is 389 g/mol. The van der Waals surface area contributed by atoms with Crippen molar-refractivity contribution < 1.29 is 0 Å². The first-order chi connectivity index (χ1) is 13.8. The summed E-state index contributed by atoms with van der Waals surface area (Å²) in [6.07, 6.45) is 4.54. The van der Waals surface area contributed by atoms with Gasteiger partial charge in [0.25, 0.3) is 0 Å². The van der Waals surface area contributed by atoms with E-state index in [-0.39, 0.29) is 0 Å². The molecule has 0 saturated carbocycles. The van der Waals surface area contributed by atoms with Gasteiger partial charge in [0.15, 0.2) is 0 Å². The van der Waals surface area contributed by atoms with Crippen LogP contribution in [-0.2, 0) is 13.1 Å². The molecule has 2 aromatic heterocycles. The largest absolute Gasteiger partial charge is 0.326 e. The number of benzene rings is 2. The second kappa shape index (κ2) is 7.49. The number of imidazole rings is 1. The molecule has 0 bridgehead atoms. The molecule has 1 atom stereocenters. The van der Waals surface area contributed by atoms with Crippen molar-refractivity contribution in [2.24, 2.45) is 0 Å². The Kier molecular flexibility index (Phi) is 4.71. The minimum absolute atomic E-state index is 0.684. The molecule has 0 N–H and O–H groups in total. The quantitative estimate of drug-likeness (QED) is 0.472. The van der Waals surface area contributed by atoms with Crippen LogP contribution >= 0.6 is 11.3 Å². The molecule has 5 rings (SSSR count). The molecule has 1 unspecified atom stereocenters. The molecule has 4 aromatic rings. The summed E-state index contributed by atoms with van der Waals surface area (Å²) in [5.41, 5.74) is 5.89. The summed E-state index contributed by atoms with van der Waals surface area (Å²) < 4.78 is 2.20. The van der Waals surface area contributed by atoms with Crippen molar-refractivity contribution in [3.05, 3.63) is 71.5 Å². The van der Waals surface area contributed by atoms with E-state index in [1.165, 1.54) is 41.7 Å². The monoisotopic (exact) mass is 388 g/mol. The predicted molar refractivity (Wildman–Crippen MR) is 115 cm³/mol. The van der Waals surface area contributed by atoms with Crippen LogP contribution in [0.4, 0.5) is 0 Å². The van der Waals surface area contributed by atoms with Gasteiger partial charge in [0.05, 0.1) is 23.1 Å². The summed E-state index contributed by atoms with van der Waals surface area (Å²) >= 11 is 1.75. The zero-order valence-corrected chi connectivity index (χ0v) is 16.9. The van der Waals surface area contributed by atoms with Crippen molar-refractivity contribution in [2.45, 2.75) is 38.9 Å². The number of hydrogen-bond acceptors (Lipinski definition) is 4. The van der Waals surface area contributed by atoms with Gasteiger partial charge in [-0.25, -0.2) is 9.97 Å². The molecule has 0 radical (unpaired) electrons. The number of likely N-dealkylation sites (tertiary alicyclic amines) is 1. The first-order valence-electron chi connectivity index (χ1n) is 9.94. The minimum Gasteiger partial charge on any atom is -0.326 e. The lowest BCUT2D eigenvalue weighted by Gasteiger charge is -2.19.